The Morgan fingerprint density at radius 3 is 1.11 bits per heavy atom. The van der Waals surface area contributed by atoms with Crippen LogP contribution >= 0.6 is 0 Å². The summed E-state index contributed by atoms with van der Waals surface area (Å²) in [6, 6.07) is 9.59. The molecule has 0 spiro atoms. The zero-order valence-electron chi connectivity index (χ0n) is 30.3. The van der Waals surface area contributed by atoms with Crippen molar-refractivity contribution in [1.82, 2.24) is 0 Å². The van der Waals surface area contributed by atoms with E-state index in [0.29, 0.717) is 5.39 Å². The van der Waals surface area contributed by atoms with Crippen LogP contribution < -0.4 is 0 Å². The number of aryl methyl sites for hydroxylation is 2. The Kier molecular flexibility index (Phi) is 23.5. The molecule has 46 heavy (non-hydrogen) atoms. The molecule has 2 aromatic carbocycles. The van der Waals surface area contributed by atoms with Gasteiger partial charge in [-0.1, -0.05) is 205 Å². The van der Waals surface area contributed by atoms with Crippen LogP contribution in [-0.2, 0) is 23.0 Å². The van der Waals surface area contributed by atoms with E-state index in [9.17, 15) is 13.0 Å². The first-order valence-electron chi connectivity index (χ1n) is 20.0. The Morgan fingerprint density at radius 1 is 0.435 bits per heavy atom. The monoisotopic (exact) mass is 657 g/mol. The van der Waals surface area contributed by atoms with E-state index in [1.807, 2.05) is 18.2 Å². The Hall–Kier alpha value is -1.39. The maximum absolute atomic E-state index is 12.2. The highest BCUT2D eigenvalue weighted by Crippen LogP contribution is 2.31. The molecule has 2 aromatic rings. The highest BCUT2D eigenvalue weighted by atomic mass is 32.2. The van der Waals surface area contributed by atoms with Gasteiger partial charge in [-0.2, -0.15) is 8.42 Å². The number of unbranched alkanes of at least 4 members (excludes halogenated alkanes) is 26. The second-order valence-electron chi connectivity index (χ2n) is 14.2. The van der Waals surface area contributed by atoms with Crippen LogP contribution in [0.5, 0.6) is 0 Å². The van der Waals surface area contributed by atoms with Gasteiger partial charge in [-0.3, -0.25) is 4.55 Å². The normalized spacial score (nSPS) is 12.0. The molecule has 0 aromatic heterocycles. The van der Waals surface area contributed by atoms with Crippen LogP contribution in [-0.4, -0.2) is 13.0 Å². The van der Waals surface area contributed by atoms with E-state index in [1.165, 1.54) is 178 Å². The Bertz CT molecular complexity index is 1080. The average Bonchev–Trinajstić information content (AvgIpc) is 3.04. The van der Waals surface area contributed by atoms with Crippen LogP contribution in [0.25, 0.3) is 10.8 Å². The summed E-state index contributed by atoms with van der Waals surface area (Å²) in [5.41, 5.74) is 2.48. The van der Waals surface area contributed by atoms with E-state index in [2.05, 4.69) is 19.9 Å². The third-order valence-corrected chi connectivity index (χ3v) is 11.0. The summed E-state index contributed by atoms with van der Waals surface area (Å²) in [6.45, 7) is 4.56. The molecule has 0 saturated heterocycles. The van der Waals surface area contributed by atoms with Gasteiger partial charge in [0.15, 0.2) is 0 Å². The Labute approximate surface area is 285 Å². The number of benzene rings is 2. The van der Waals surface area contributed by atoms with E-state index in [4.69, 9.17) is 0 Å². The molecule has 0 unspecified atom stereocenters. The number of fused-ring (bicyclic) bond motifs is 1. The third-order valence-electron chi connectivity index (χ3n) is 10.1. The average molecular weight is 657 g/mol. The van der Waals surface area contributed by atoms with E-state index >= 15 is 0 Å². The minimum absolute atomic E-state index is 0.0509. The molecule has 0 bridgehead atoms. The minimum Gasteiger partial charge on any atom is -0.282 e. The first-order valence-corrected chi connectivity index (χ1v) is 21.4. The molecule has 0 radical (unpaired) electrons. The fraction of sp³-hybridized carbons (Fsp3) is 0.762. The lowest BCUT2D eigenvalue weighted by Crippen LogP contribution is -2.02. The standard InChI is InChI=1S/C42H72O3S/c1-3-5-7-9-11-13-15-17-19-21-23-25-27-29-32-38-34-31-35-40-41(46(43,44)45)37-36-39(42(38)40)33-30-28-26-24-22-20-18-16-14-12-10-8-6-4-2/h31,34-37H,3-30,32-33H2,1-2H3,(H,43,44,45). The van der Waals surface area contributed by atoms with Gasteiger partial charge in [0.1, 0.15) is 4.90 Å². The van der Waals surface area contributed by atoms with E-state index < -0.39 is 10.1 Å². The summed E-state index contributed by atoms with van der Waals surface area (Å²) in [4.78, 5) is 0.0509. The lowest BCUT2D eigenvalue weighted by Gasteiger charge is -2.14. The van der Waals surface area contributed by atoms with Gasteiger partial charge >= 0.3 is 0 Å². The first kappa shape index (κ1) is 40.8. The molecule has 0 fully saturated rings. The number of hydrogen-bond acceptors (Lipinski definition) is 2. The van der Waals surface area contributed by atoms with Gasteiger partial charge in [-0.25, -0.2) is 0 Å². The maximum atomic E-state index is 12.2. The molecular weight excluding hydrogens is 585 g/mol. The van der Waals surface area contributed by atoms with Crippen molar-refractivity contribution in [1.29, 1.82) is 0 Å². The van der Waals surface area contributed by atoms with Crippen LogP contribution in [0.1, 0.15) is 205 Å². The molecule has 0 heterocycles. The maximum Gasteiger partial charge on any atom is 0.295 e. The smallest absolute Gasteiger partial charge is 0.282 e. The van der Waals surface area contributed by atoms with E-state index in [0.717, 1.165) is 31.1 Å². The molecule has 2 rings (SSSR count). The summed E-state index contributed by atoms with van der Waals surface area (Å²) < 4.78 is 34.4. The number of rotatable bonds is 31. The Balaban J connectivity index is 1.72. The molecule has 1 N–H and O–H groups in total. The number of hydrogen-bond donors (Lipinski definition) is 1. The summed E-state index contributed by atoms with van der Waals surface area (Å²) in [5.74, 6) is 0. The first-order chi connectivity index (χ1) is 22.5. The lowest BCUT2D eigenvalue weighted by atomic mass is 9.93. The predicted octanol–water partition coefficient (Wildman–Crippen LogP) is 14.1. The zero-order valence-corrected chi connectivity index (χ0v) is 31.1. The van der Waals surface area contributed by atoms with Crippen molar-refractivity contribution in [2.75, 3.05) is 0 Å². The van der Waals surface area contributed by atoms with E-state index in [-0.39, 0.29) is 4.90 Å². The van der Waals surface area contributed by atoms with Gasteiger partial charge in [0.05, 0.1) is 0 Å². The van der Waals surface area contributed by atoms with Gasteiger partial charge < -0.3 is 0 Å². The fourth-order valence-corrected chi connectivity index (χ4v) is 7.88. The van der Waals surface area contributed by atoms with Gasteiger partial charge in [0.2, 0.25) is 0 Å². The van der Waals surface area contributed by atoms with E-state index in [1.54, 1.807) is 6.07 Å². The topological polar surface area (TPSA) is 54.4 Å². The van der Waals surface area contributed by atoms with Crippen molar-refractivity contribution < 1.29 is 13.0 Å². The van der Waals surface area contributed by atoms with Crippen molar-refractivity contribution in [3.05, 3.63) is 41.5 Å². The quantitative estimate of drug-likeness (QED) is 0.0649. The largest absolute Gasteiger partial charge is 0.295 e. The highest BCUT2D eigenvalue weighted by Gasteiger charge is 2.17. The van der Waals surface area contributed by atoms with Gasteiger partial charge in [0, 0.05) is 5.39 Å². The van der Waals surface area contributed by atoms with Crippen LogP contribution in [0.3, 0.4) is 0 Å². The molecule has 0 atom stereocenters. The minimum atomic E-state index is -4.26. The van der Waals surface area contributed by atoms with Crippen LogP contribution in [0.15, 0.2) is 35.2 Å². The summed E-state index contributed by atoms with van der Waals surface area (Å²) in [6.07, 6.45) is 39.7. The molecule has 0 aliphatic rings. The van der Waals surface area contributed by atoms with Crippen molar-refractivity contribution in [3.8, 4) is 0 Å². The second kappa shape index (κ2) is 26.6. The lowest BCUT2D eigenvalue weighted by molar-refractivity contribution is 0.484. The Morgan fingerprint density at radius 2 is 0.761 bits per heavy atom. The van der Waals surface area contributed by atoms with Crippen molar-refractivity contribution >= 4 is 20.9 Å². The molecule has 4 heteroatoms. The molecule has 0 amide bonds. The summed E-state index contributed by atoms with van der Waals surface area (Å²) in [5, 5.41) is 1.76. The van der Waals surface area contributed by atoms with Crippen LogP contribution in [0, 0.1) is 0 Å². The molecule has 0 aliphatic heterocycles. The van der Waals surface area contributed by atoms with Crippen molar-refractivity contribution in [2.24, 2.45) is 0 Å². The van der Waals surface area contributed by atoms with Crippen LogP contribution in [0.4, 0.5) is 0 Å². The predicted molar refractivity (Wildman–Crippen MR) is 202 cm³/mol. The fourth-order valence-electron chi connectivity index (χ4n) is 7.20. The molecule has 3 nitrogen and oxygen atoms in total. The molecule has 264 valence electrons. The van der Waals surface area contributed by atoms with Gasteiger partial charge in [-0.05, 0) is 48.3 Å². The third kappa shape index (κ3) is 18.2. The summed E-state index contributed by atoms with van der Waals surface area (Å²) in [7, 11) is -4.26. The van der Waals surface area contributed by atoms with Gasteiger partial charge in [-0.15, -0.1) is 0 Å². The SMILES string of the molecule is CCCCCCCCCCCCCCCCc1cccc2c(S(=O)(=O)O)ccc(CCCCCCCCCCCCCCCC)c12. The van der Waals surface area contributed by atoms with Crippen molar-refractivity contribution in [3.63, 3.8) is 0 Å². The second-order valence-corrected chi connectivity index (χ2v) is 15.6. The molecular formula is C42H72O3S. The highest BCUT2D eigenvalue weighted by molar-refractivity contribution is 7.86. The molecule has 0 saturated carbocycles. The summed E-state index contributed by atoms with van der Waals surface area (Å²) >= 11 is 0. The van der Waals surface area contributed by atoms with Gasteiger partial charge in [0.25, 0.3) is 10.1 Å². The van der Waals surface area contributed by atoms with Crippen LogP contribution in [0.2, 0.25) is 0 Å². The zero-order chi connectivity index (χ0) is 33.1. The molecule has 0 aliphatic carbocycles. The van der Waals surface area contributed by atoms with Crippen molar-refractivity contribution in [2.45, 2.75) is 211 Å².